The van der Waals surface area contributed by atoms with E-state index in [4.69, 9.17) is 16.3 Å². The molecule has 0 saturated heterocycles. The van der Waals surface area contributed by atoms with Gasteiger partial charge in [0, 0.05) is 27.4 Å². The predicted octanol–water partition coefficient (Wildman–Crippen LogP) is 4.53. The van der Waals surface area contributed by atoms with Crippen LogP contribution in [-0.2, 0) is 16.7 Å². The molecule has 2 heterocycles. The minimum absolute atomic E-state index is 0. The molecule has 1 aliphatic rings. The molecule has 168 valence electrons. The molecule has 2 aromatic rings. The maximum absolute atomic E-state index is 14.4. The number of fused-ring (bicyclic) bond motifs is 3. The molecule has 0 N–H and O–H groups in total. The molecule has 7 nitrogen and oxygen atoms in total. The second-order valence-corrected chi connectivity index (χ2v) is 8.80. The third-order valence-corrected chi connectivity index (χ3v) is 5.67. The largest absolute Gasteiger partial charge is 0.456 e. The monoisotopic (exact) mass is 680 g/mol. The summed E-state index contributed by atoms with van der Waals surface area (Å²) in [7, 11) is 0. The number of rotatable bonds is 3. The second kappa shape index (κ2) is 7.09. The number of benzene rings is 1. The zero-order valence-corrected chi connectivity index (χ0v) is 20.3. The smallest absolute Gasteiger partial charge is 0.343 e. The first-order valence-corrected chi connectivity index (χ1v) is 9.60. The first kappa shape index (κ1) is 22.8. The van der Waals surface area contributed by atoms with E-state index < -0.39 is 49.4 Å². The van der Waals surface area contributed by atoms with E-state index in [2.05, 4.69) is 0 Å². The number of halogens is 2. The van der Waals surface area contributed by atoms with E-state index >= 15 is 0 Å². The number of carbonyl (C=O) groups excluding carboxylic acids is 1. The van der Waals surface area contributed by atoms with Crippen LogP contribution in [0.3, 0.4) is 0 Å². The summed E-state index contributed by atoms with van der Waals surface area (Å²) in [6, 6.07) is 1.95. The molecule has 3 rings (SSSR count). The number of nitrogens with zero attached hydrogens (tertiary/aromatic N) is 2. The van der Waals surface area contributed by atoms with E-state index in [0.29, 0.717) is 25.0 Å². The Morgan fingerprint density at radius 3 is 2.53 bits per heavy atom. The van der Waals surface area contributed by atoms with Gasteiger partial charge in [-0.25, -0.2) is 9.18 Å². The Labute approximate surface area is 171 Å². The van der Waals surface area contributed by atoms with E-state index in [0.717, 1.165) is 0 Å². The van der Waals surface area contributed by atoms with Gasteiger partial charge in [-0.3, -0.25) is 10.1 Å². The van der Waals surface area contributed by atoms with Crippen molar-refractivity contribution >= 4 is 34.2 Å². The van der Waals surface area contributed by atoms with Crippen molar-refractivity contribution in [1.29, 1.82) is 0 Å². The Morgan fingerprint density at radius 1 is 1.43 bits per heavy atom. The van der Waals surface area contributed by atoms with Crippen molar-refractivity contribution in [2.24, 2.45) is 0 Å². The molecule has 0 spiro atoms. The number of nitro groups is 1. The average Bonchev–Trinajstić information content (AvgIpc) is 2.93. The molecular formula is C20H21ClFFmN2O5-. The molecule has 0 fully saturated rings. The Bertz CT molecular complexity index is 1130. The van der Waals surface area contributed by atoms with Crippen molar-refractivity contribution in [2.45, 2.75) is 65.0 Å². The van der Waals surface area contributed by atoms with E-state index in [-0.39, 0.29) is 11.1 Å². The quantitative estimate of drug-likeness (QED) is 0.206. The third kappa shape index (κ3) is 3.26. The number of aromatic nitrogens is 1. The van der Waals surface area contributed by atoms with E-state index in [1.807, 2.05) is 19.9 Å². The van der Waals surface area contributed by atoms with Crippen molar-refractivity contribution in [3.05, 3.63) is 48.5 Å². The van der Waals surface area contributed by atoms with E-state index in [9.17, 15) is 24.1 Å². The van der Waals surface area contributed by atoms with Gasteiger partial charge in [0.05, 0.1) is 0 Å². The van der Waals surface area contributed by atoms with Crippen LogP contribution in [0.1, 0.15) is 63.5 Å². The van der Waals surface area contributed by atoms with Crippen LogP contribution in [0.5, 0.6) is 0 Å². The van der Waals surface area contributed by atoms with Crippen LogP contribution in [-0.4, -0.2) is 21.1 Å². The van der Waals surface area contributed by atoms with Crippen molar-refractivity contribution < 1.29 is 18.8 Å². The van der Waals surface area contributed by atoms with Crippen molar-refractivity contribution in [3.8, 4) is 0 Å². The van der Waals surface area contributed by atoms with Gasteiger partial charge in [0.2, 0.25) is 0 Å². The summed E-state index contributed by atoms with van der Waals surface area (Å²) in [5.41, 5.74) is -3.23. The van der Waals surface area contributed by atoms with Gasteiger partial charge in [0.25, 0.3) is 0 Å². The van der Waals surface area contributed by atoms with Crippen LogP contribution < -0.4 is 5.43 Å². The van der Waals surface area contributed by atoms with Gasteiger partial charge in [-0.1, -0.05) is 13.0 Å². The van der Waals surface area contributed by atoms with Gasteiger partial charge in [0.15, 0.2) is 11.1 Å². The summed E-state index contributed by atoms with van der Waals surface area (Å²) in [5.74, 6) is -1.99. The number of carbonyl (C=O) groups is 1. The summed E-state index contributed by atoms with van der Waals surface area (Å²) in [5, 5.41) is 10.7. The Balaban J connectivity index is 0.00000320. The number of hydrogen-bond acceptors (Lipinski definition) is 5. The minimum Gasteiger partial charge on any atom is -0.456 e. The summed E-state index contributed by atoms with van der Waals surface area (Å²) in [6.07, 6.45) is 1.49. The molecule has 0 amide bonds. The van der Waals surface area contributed by atoms with Gasteiger partial charge < -0.3 is 14.1 Å². The molecule has 0 radical (unpaired) electrons. The number of ether oxygens (including phenoxy) is 1. The van der Waals surface area contributed by atoms with Gasteiger partial charge >= 0.3 is 5.97 Å². The van der Waals surface area contributed by atoms with E-state index in [1.165, 1.54) is 0 Å². The van der Waals surface area contributed by atoms with Crippen molar-refractivity contribution in [2.75, 3.05) is 0 Å². The number of non-ortho nitro benzene ring substituents is 1. The third-order valence-electron chi connectivity index (χ3n) is 5.33. The summed E-state index contributed by atoms with van der Waals surface area (Å²) in [6.45, 7) is 8.75. The normalized spacial score (nSPS) is 18.1. The maximum Gasteiger partial charge on any atom is 0.343 e. The van der Waals surface area contributed by atoms with Gasteiger partial charge in [0.1, 0.15) is 11.2 Å². The van der Waals surface area contributed by atoms with Gasteiger partial charge in [-0.05, 0) is 57.5 Å². The zero-order chi connectivity index (χ0) is 21.9. The first-order valence-electron chi connectivity index (χ1n) is 9.22. The molecule has 1 aromatic heterocycles. The maximum atomic E-state index is 14.4. The molecular weight excluding hydrogens is 660 g/mol. The SMILES string of the molecule is CCC1(C)CCc2c(C(=O)OC(C)(C)C)c(=O)c3c([N+](=O)[O-])[c-]c(F)c(Cl)c3n21.[Fm]. The molecule has 1 aliphatic heterocycles. The fourth-order valence-corrected chi connectivity index (χ4v) is 4.04. The summed E-state index contributed by atoms with van der Waals surface area (Å²) in [4.78, 5) is 36.9. The second-order valence-electron chi connectivity index (χ2n) is 8.42. The predicted molar refractivity (Wildman–Crippen MR) is 106 cm³/mol. The first-order chi connectivity index (χ1) is 13.3. The summed E-state index contributed by atoms with van der Waals surface area (Å²) < 4.78 is 21.4. The van der Waals surface area contributed by atoms with E-state index in [1.54, 1.807) is 25.3 Å². The summed E-state index contributed by atoms with van der Waals surface area (Å²) >= 11 is 6.18. The van der Waals surface area contributed by atoms with Crippen LogP contribution in [0.4, 0.5) is 10.1 Å². The fourth-order valence-electron chi connectivity index (χ4n) is 3.82. The van der Waals surface area contributed by atoms with Crippen LogP contribution in [0.25, 0.3) is 10.9 Å². The Morgan fingerprint density at radius 2 is 2.03 bits per heavy atom. The molecule has 1 atom stereocenters. The van der Waals surface area contributed by atoms with Crippen molar-refractivity contribution in [3.63, 3.8) is 0 Å². The van der Waals surface area contributed by atoms with Crippen LogP contribution in [0.2, 0.25) is 5.02 Å². The van der Waals surface area contributed by atoms with Crippen molar-refractivity contribution in [1.82, 2.24) is 4.57 Å². The van der Waals surface area contributed by atoms with Gasteiger partial charge in [-0.2, -0.15) is 11.6 Å². The Hall–Kier alpha value is -3.48. The topological polar surface area (TPSA) is 91.4 Å². The standard InChI is InChI=1S/C20H21ClFN2O5.Fm/c1-6-20(5)8-7-11-14(18(26)29-19(2,3)4)17(25)13-12(24(27)28)9-10(22)15(21)16(13)23(11)20;/h6-8H2,1-5H3;/q-1;. The zero-order valence-electron chi connectivity index (χ0n) is 17.1. The number of pyridine rings is 1. The van der Waals surface area contributed by atoms with Crippen LogP contribution in [0.15, 0.2) is 4.79 Å². The molecule has 10 heteroatoms. The molecule has 30 heavy (non-hydrogen) atoms. The molecule has 0 bridgehead atoms. The minimum atomic E-state index is -1.12. The fraction of sp³-hybridized carbons (Fsp3) is 0.500. The van der Waals surface area contributed by atoms with Gasteiger partial charge in [-0.15, -0.1) is 0 Å². The average molecular weight is 681 g/mol. The number of esters is 1. The number of hydrogen-bond donors (Lipinski definition) is 0. The molecule has 0 saturated carbocycles. The molecule has 1 unspecified atom stereocenters. The van der Waals surface area contributed by atoms with Crippen LogP contribution >= 0.6 is 11.6 Å². The number of nitro benzene ring substituents is 1. The molecule has 0 aliphatic carbocycles. The molecule has 1 aromatic carbocycles. The van der Waals surface area contributed by atoms with Crippen LogP contribution in [0, 0.1) is 22.0 Å². The Kier molecular flexibility index (Phi) is 5.39.